The largest absolute Gasteiger partial charge is 0.388 e. The highest BCUT2D eigenvalue weighted by Crippen LogP contribution is 2.27. The molecule has 0 bridgehead atoms. The van der Waals surface area contributed by atoms with Gasteiger partial charge in [0.25, 0.3) is 0 Å². The van der Waals surface area contributed by atoms with Gasteiger partial charge in [-0.05, 0) is 26.7 Å². The van der Waals surface area contributed by atoms with Crippen molar-refractivity contribution in [3.63, 3.8) is 0 Å². The predicted octanol–water partition coefficient (Wildman–Crippen LogP) is 0.535. The standard InChI is InChI=1S/C11H22N2O2/c1-10(2,12)9(14)13-8-11(15)6-4-3-5-7-11/h15H,3-8,12H2,1-2H3,(H,13,14). The summed E-state index contributed by atoms with van der Waals surface area (Å²) < 4.78 is 0. The molecule has 1 aliphatic rings. The number of amides is 1. The zero-order valence-corrected chi connectivity index (χ0v) is 9.68. The van der Waals surface area contributed by atoms with Crippen molar-refractivity contribution in [1.29, 1.82) is 0 Å². The van der Waals surface area contributed by atoms with Crippen LogP contribution in [0.1, 0.15) is 46.0 Å². The molecule has 1 aliphatic carbocycles. The zero-order chi connectivity index (χ0) is 11.5. The van der Waals surface area contributed by atoms with Gasteiger partial charge in [-0.3, -0.25) is 4.79 Å². The number of aliphatic hydroxyl groups is 1. The molecule has 0 radical (unpaired) electrons. The van der Waals surface area contributed by atoms with Crippen molar-refractivity contribution in [3.05, 3.63) is 0 Å². The van der Waals surface area contributed by atoms with E-state index in [2.05, 4.69) is 5.32 Å². The van der Waals surface area contributed by atoms with Crippen LogP contribution in [0.2, 0.25) is 0 Å². The van der Waals surface area contributed by atoms with Crippen molar-refractivity contribution in [3.8, 4) is 0 Å². The summed E-state index contributed by atoms with van der Waals surface area (Å²) in [6.45, 7) is 3.65. The van der Waals surface area contributed by atoms with Crippen LogP contribution in [-0.2, 0) is 4.79 Å². The minimum atomic E-state index is -0.870. The lowest BCUT2D eigenvalue weighted by Gasteiger charge is -2.33. The van der Waals surface area contributed by atoms with E-state index in [1.807, 2.05) is 0 Å². The first-order valence-electron chi connectivity index (χ1n) is 5.63. The van der Waals surface area contributed by atoms with E-state index in [-0.39, 0.29) is 5.91 Å². The topological polar surface area (TPSA) is 75.4 Å². The Balaban J connectivity index is 2.38. The number of hydrogen-bond donors (Lipinski definition) is 3. The number of carbonyl (C=O) groups is 1. The van der Waals surface area contributed by atoms with Crippen LogP contribution in [0.15, 0.2) is 0 Å². The van der Waals surface area contributed by atoms with Crippen LogP contribution in [0.4, 0.5) is 0 Å². The Morgan fingerprint density at radius 1 is 1.40 bits per heavy atom. The lowest BCUT2D eigenvalue weighted by Crippen LogP contribution is -2.53. The minimum Gasteiger partial charge on any atom is -0.388 e. The normalized spacial score (nSPS) is 21.1. The summed E-state index contributed by atoms with van der Waals surface area (Å²) in [5.74, 6) is -0.207. The van der Waals surface area contributed by atoms with Crippen molar-refractivity contribution in [2.45, 2.75) is 57.1 Å². The Bertz CT molecular complexity index is 227. The second kappa shape index (κ2) is 4.49. The third-order valence-electron chi connectivity index (χ3n) is 2.95. The Morgan fingerprint density at radius 2 is 1.93 bits per heavy atom. The maximum atomic E-state index is 11.5. The number of hydrogen-bond acceptors (Lipinski definition) is 3. The van der Waals surface area contributed by atoms with Crippen molar-refractivity contribution in [2.75, 3.05) is 6.54 Å². The van der Waals surface area contributed by atoms with Crippen LogP contribution in [0.25, 0.3) is 0 Å². The average molecular weight is 214 g/mol. The van der Waals surface area contributed by atoms with E-state index in [0.717, 1.165) is 25.7 Å². The lowest BCUT2D eigenvalue weighted by molar-refractivity contribution is -0.126. The predicted molar refractivity (Wildman–Crippen MR) is 59.3 cm³/mol. The molecule has 1 fully saturated rings. The van der Waals surface area contributed by atoms with Gasteiger partial charge < -0.3 is 16.2 Å². The van der Waals surface area contributed by atoms with E-state index < -0.39 is 11.1 Å². The molecule has 0 aliphatic heterocycles. The summed E-state index contributed by atoms with van der Waals surface area (Å²) >= 11 is 0. The molecule has 0 saturated heterocycles. The molecule has 0 atom stereocenters. The molecule has 1 rings (SSSR count). The molecule has 0 unspecified atom stereocenters. The highest BCUT2D eigenvalue weighted by atomic mass is 16.3. The molecular formula is C11H22N2O2. The molecule has 0 heterocycles. The summed E-state index contributed by atoms with van der Waals surface area (Å²) in [7, 11) is 0. The van der Waals surface area contributed by atoms with Gasteiger partial charge in [-0.15, -0.1) is 0 Å². The summed E-state index contributed by atoms with van der Waals surface area (Å²) in [6.07, 6.45) is 4.81. The molecule has 15 heavy (non-hydrogen) atoms. The van der Waals surface area contributed by atoms with Gasteiger partial charge in [-0.1, -0.05) is 19.3 Å². The Labute approximate surface area is 91.2 Å². The third kappa shape index (κ3) is 3.80. The number of carbonyl (C=O) groups excluding carboxylic acids is 1. The van der Waals surface area contributed by atoms with Crippen molar-refractivity contribution < 1.29 is 9.90 Å². The summed E-state index contributed by atoms with van der Waals surface area (Å²) in [6, 6.07) is 0. The molecule has 1 saturated carbocycles. The maximum absolute atomic E-state index is 11.5. The quantitative estimate of drug-likeness (QED) is 0.641. The molecule has 4 nitrogen and oxygen atoms in total. The molecule has 0 aromatic heterocycles. The van der Waals surface area contributed by atoms with E-state index in [4.69, 9.17) is 5.73 Å². The molecule has 88 valence electrons. The minimum absolute atomic E-state index is 0.207. The average Bonchev–Trinajstić information content (AvgIpc) is 2.14. The highest BCUT2D eigenvalue weighted by Gasteiger charge is 2.31. The number of rotatable bonds is 3. The first kappa shape index (κ1) is 12.5. The van der Waals surface area contributed by atoms with Gasteiger partial charge in [-0.25, -0.2) is 0 Å². The number of nitrogens with two attached hydrogens (primary N) is 1. The molecule has 0 aromatic rings. The number of nitrogens with one attached hydrogen (secondary N) is 1. The molecule has 1 amide bonds. The smallest absolute Gasteiger partial charge is 0.239 e. The van der Waals surface area contributed by atoms with E-state index in [9.17, 15) is 9.90 Å². The van der Waals surface area contributed by atoms with Crippen LogP contribution in [0.3, 0.4) is 0 Å². The van der Waals surface area contributed by atoms with Crippen molar-refractivity contribution >= 4 is 5.91 Å². The monoisotopic (exact) mass is 214 g/mol. The van der Waals surface area contributed by atoms with Crippen molar-refractivity contribution in [1.82, 2.24) is 5.32 Å². The second-order valence-electron chi connectivity index (χ2n) is 5.19. The van der Waals surface area contributed by atoms with Crippen LogP contribution >= 0.6 is 0 Å². The van der Waals surface area contributed by atoms with E-state index in [1.165, 1.54) is 6.42 Å². The van der Waals surface area contributed by atoms with Crippen LogP contribution in [0.5, 0.6) is 0 Å². The summed E-state index contributed by atoms with van der Waals surface area (Å²) in [5, 5.41) is 12.8. The Hall–Kier alpha value is -0.610. The van der Waals surface area contributed by atoms with E-state index in [1.54, 1.807) is 13.8 Å². The van der Waals surface area contributed by atoms with Gasteiger partial charge in [0.05, 0.1) is 11.1 Å². The summed E-state index contributed by atoms with van der Waals surface area (Å²) in [5.41, 5.74) is 4.06. The fraction of sp³-hybridized carbons (Fsp3) is 0.909. The van der Waals surface area contributed by atoms with Gasteiger partial charge in [0.2, 0.25) is 5.91 Å². The molecule has 4 N–H and O–H groups in total. The van der Waals surface area contributed by atoms with E-state index >= 15 is 0 Å². The van der Waals surface area contributed by atoms with Crippen LogP contribution in [0, 0.1) is 0 Å². The van der Waals surface area contributed by atoms with Gasteiger partial charge >= 0.3 is 0 Å². The molecular weight excluding hydrogens is 192 g/mol. The SMILES string of the molecule is CC(C)(N)C(=O)NCC1(O)CCCCC1. The first-order valence-corrected chi connectivity index (χ1v) is 5.63. The van der Waals surface area contributed by atoms with Crippen molar-refractivity contribution in [2.24, 2.45) is 5.73 Å². The van der Waals surface area contributed by atoms with Gasteiger partial charge in [0.1, 0.15) is 0 Å². The van der Waals surface area contributed by atoms with Gasteiger partial charge in [-0.2, -0.15) is 0 Å². The summed E-state index contributed by atoms with van der Waals surface area (Å²) in [4.78, 5) is 11.5. The Morgan fingerprint density at radius 3 is 2.40 bits per heavy atom. The maximum Gasteiger partial charge on any atom is 0.239 e. The molecule has 4 heteroatoms. The van der Waals surface area contributed by atoms with Gasteiger partial charge in [0, 0.05) is 6.54 Å². The third-order valence-corrected chi connectivity index (χ3v) is 2.95. The first-order chi connectivity index (χ1) is 6.83. The molecule has 0 aromatic carbocycles. The second-order valence-corrected chi connectivity index (χ2v) is 5.19. The van der Waals surface area contributed by atoms with Gasteiger partial charge in [0.15, 0.2) is 0 Å². The van der Waals surface area contributed by atoms with E-state index in [0.29, 0.717) is 6.54 Å². The van der Waals surface area contributed by atoms with Crippen LogP contribution in [-0.4, -0.2) is 28.7 Å². The van der Waals surface area contributed by atoms with Crippen LogP contribution < -0.4 is 11.1 Å². The fourth-order valence-corrected chi connectivity index (χ4v) is 1.86. The molecule has 0 spiro atoms. The fourth-order valence-electron chi connectivity index (χ4n) is 1.86. The zero-order valence-electron chi connectivity index (χ0n) is 9.68. The Kier molecular flexibility index (Phi) is 3.73. The highest BCUT2D eigenvalue weighted by molar-refractivity contribution is 5.85. The lowest BCUT2D eigenvalue weighted by atomic mass is 9.85.